The molecule has 0 aliphatic carbocycles. The zero-order valence-electron chi connectivity index (χ0n) is 12.0. The van der Waals surface area contributed by atoms with Gasteiger partial charge in [-0.1, -0.05) is 12.2 Å². The van der Waals surface area contributed by atoms with Crippen LogP contribution in [0.2, 0.25) is 0 Å². The summed E-state index contributed by atoms with van der Waals surface area (Å²) >= 11 is 5.04. The largest absolute Gasteiger partial charge is 0.497 e. The number of hydrogen-bond donors (Lipinski definition) is 2. The quantitative estimate of drug-likeness (QED) is 0.507. The summed E-state index contributed by atoms with van der Waals surface area (Å²) in [6.07, 6.45) is 0.887. The molecule has 0 unspecified atom stereocenters. The molecule has 0 radical (unpaired) electrons. The van der Waals surface area contributed by atoms with Crippen LogP contribution in [-0.4, -0.2) is 45.6 Å². The van der Waals surface area contributed by atoms with E-state index in [4.69, 9.17) is 32.2 Å². The van der Waals surface area contributed by atoms with E-state index in [0.717, 1.165) is 30.0 Å². The molecule has 1 rings (SSSR count). The van der Waals surface area contributed by atoms with E-state index in [1.807, 2.05) is 18.2 Å². The van der Waals surface area contributed by atoms with E-state index in [0.29, 0.717) is 24.8 Å². The van der Waals surface area contributed by atoms with Gasteiger partial charge >= 0.3 is 0 Å². The van der Waals surface area contributed by atoms with Gasteiger partial charge in [-0.15, -0.1) is 0 Å². The summed E-state index contributed by atoms with van der Waals surface area (Å²) in [7, 11) is 3.29. The summed E-state index contributed by atoms with van der Waals surface area (Å²) in [6.45, 7) is 2.70. The molecule has 0 aliphatic rings. The molecule has 112 valence electrons. The minimum atomic E-state index is 0.367. The minimum Gasteiger partial charge on any atom is -0.497 e. The van der Waals surface area contributed by atoms with Gasteiger partial charge in [-0.2, -0.15) is 0 Å². The van der Waals surface area contributed by atoms with Crippen molar-refractivity contribution in [1.82, 2.24) is 0 Å². The molecule has 20 heavy (non-hydrogen) atoms. The second-order valence-corrected chi connectivity index (χ2v) is 4.60. The van der Waals surface area contributed by atoms with Gasteiger partial charge in [-0.25, -0.2) is 0 Å². The normalized spacial score (nSPS) is 10.3. The first kappa shape index (κ1) is 16.7. The molecule has 6 heteroatoms. The molecule has 5 nitrogen and oxygen atoms in total. The van der Waals surface area contributed by atoms with Gasteiger partial charge in [0.25, 0.3) is 0 Å². The molecule has 3 N–H and O–H groups in total. The van der Waals surface area contributed by atoms with Crippen LogP contribution in [0.4, 0.5) is 5.69 Å². The number of hydrogen-bond acceptors (Lipinski definition) is 5. The first-order chi connectivity index (χ1) is 9.69. The second-order valence-electron chi connectivity index (χ2n) is 4.16. The highest BCUT2D eigenvalue weighted by molar-refractivity contribution is 7.80. The van der Waals surface area contributed by atoms with Gasteiger partial charge < -0.3 is 25.3 Å². The van der Waals surface area contributed by atoms with Crippen LogP contribution in [0.25, 0.3) is 0 Å². The maximum atomic E-state index is 5.70. The summed E-state index contributed by atoms with van der Waals surface area (Å²) in [6, 6.07) is 5.59. The van der Waals surface area contributed by atoms with E-state index in [2.05, 4.69) is 5.32 Å². The van der Waals surface area contributed by atoms with Gasteiger partial charge in [0.2, 0.25) is 0 Å². The Morgan fingerprint density at radius 3 is 2.70 bits per heavy atom. The van der Waals surface area contributed by atoms with Gasteiger partial charge in [-0.05, 0) is 18.6 Å². The summed E-state index contributed by atoms with van der Waals surface area (Å²) < 4.78 is 15.5. The maximum Gasteiger partial charge on any atom is 0.120 e. The zero-order valence-corrected chi connectivity index (χ0v) is 12.8. The highest BCUT2D eigenvalue weighted by Crippen LogP contribution is 2.22. The fourth-order valence-electron chi connectivity index (χ4n) is 1.65. The molecule has 0 spiro atoms. The van der Waals surface area contributed by atoms with Crippen LogP contribution in [-0.2, 0) is 9.47 Å². The Labute approximate surface area is 125 Å². The lowest BCUT2D eigenvalue weighted by molar-refractivity contribution is 0.0705. The molecule has 0 atom stereocenters. The number of benzene rings is 1. The fraction of sp³-hybridized carbons (Fsp3) is 0.500. The first-order valence-electron chi connectivity index (χ1n) is 6.47. The number of nitrogens with two attached hydrogens (primary N) is 1. The smallest absolute Gasteiger partial charge is 0.120 e. The van der Waals surface area contributed by atoms with Crippen LogP contribution < -0.4 is 15.8 Å². The Morgan fingerprint density at radius 1 is 1.25 bits per heavy atom. The molecule has 0 bridgehead atoms. The number of anilines is 1. The highest BCUT2D eigenvalue weighted by atomic mass is 32.1. The SMILES string of the molecule is COCCOCCCNc1cc(OC)ccc1C(N)=S. The van der Waals surface area contributed by atoms with E-state index < -0.39 is 0 Å². The minimum absolute atomic E-state index is 0.367. The van der Waals surface area contributed by atoms with Gasteiger partial charge in [0.05, 0.1) is 20.3 Å². The summed E-state index contributed by atoms with van der Waals surface area (Å²) in [5.41, 5.74) is 7.41. The zero-order chi connectivity index (χ0) is 14.8. The molecule has 0 aliphatic heterocycles. The lowest BCUT2D eigenvalue weighted by atomic mass is 10.1. The van der Waals surface area contributed by atoms with Crippen LogP contribution in [0.1, 0.15) is 12.0 Å². The molecule has 1 aromatic rings. The monoisotopic (exact) mass is 298 g/mol. The number of thiocarbonyl (C=S) groups is 1. The lowest BCUT2D eigenvalue weighted by Crippen LogP contribution is -2.15. The Bertz CT molecular complexity index is 427. The average Bonchev–Trinajstić information content (AvgIpc) is 2.45. The third-order valence-electron chi connectivity index (χ3n) is 2.70. The number of ether oxygens (including phenoxy) is 3. The van der Waals surface area contributed by atoms with Gasteiger partial charge in [-0.3, -0.25) is 0 Å². The van der Waals surface area contributed by atoms with Gasteiger partial charge in [0.1, 0.15) is 10.7 Å². The number of methoxy groups -OCH3 is 2. The van der Waals surface area contributed by atoms with Gasteiger partial charge in [0.15, 0.2) is 0 Å². The summed E-state index contributed by atoms with van der Waals surface area (Å²) in [4.78, 5) is 0.367. The predicted molar refractivity (Wildman–Crippen MR) is 84.7 cm³/mol. The molecule has 0 heterocycles. The maximum absolute atomic E-state index is 5.70. The van der Waals surface area contributed by atoms with Crippen molar-refractivity contribution in [3.05, 3.63) is 23.8 Å². The highest BCUT2D eigenvalue weighted by Gasteiger charge is 2.06. The van der Waals surface area contributed by atoms with E-state index in [1.54, 1.807) is 14.2 Å². The second kappa shape index (κ2) is 9.52. The molecule has 0 saturated heterocycles. The van der Waals surface area contributed by atoms with Crippen molar-refractivity contribution in [2.45, 2.75) is 6.42 Å². The van der Waals surface area contributed by atoms with Crippen LogP contribution in [0.5, 0.6) is 5.75 Å². The van der Waals surface area contributed by atoms with E-state index in [1.165, 1.54) is 0 Å². The van der Waals surface area contributed by atoms with E-state index >= 15 is 0 Å². The summed E-state index contributed by atoms with van der Waals surface area (Å²) in [5, 5.41) is 3.30. The Hall–Kier alpha value is -1.37. The topological polar surface area (TPSA) is 65.7 Å². The average molecular weight is 298 g/mol. The molecule has 1 aromatic carbocycles. The van der Waals surface area contributed by atoms with Crippen LogP contribution >= 0.6 is 12.2 Å². The Morgan fingerprint density at radius 2 is 2.05 bits per heavy atom. The van der Waals surface area contributed by atoms with Crippen LogP contribution in [0.3, 0.4) is 0 Å². The predicted octanol–water partition coefficient (Wildman–Crippen LogP) is 1.79. The van der Waals surface area contributed by atoms with Crippen molar-refractivity contribution in [3.63, 3.8) is 0 Å². The Kier molecular flexibility index (Phi) is 7.94. The molecule has 0 aromatic heterocycles. The number of nitrogens with one attached hydrogen (secondary N) is 1. The van der Waals surface area contributed by atoms with Crippen molar-refractivity contribution in [1.29, 1.82) is 0 Å². The van der Waals surface area contributed by atoms with Crippen molar-refractivity contribution in [2.75, 3.05) is 45.9 Å². The lowest BCUT2D eigenvalue weighted by Gasteiger charge is -2.13. The fourth-order valence-corrected chi connectivity index (χ4v) is 1.83. The molecule has 0 fully saturated rings. The number of rotatable bonds is 10. The van der Waals surface area contributed by atoms with E-state index in [-0.39, 0.29) is 0 Å². The van der Waals surface area contributed by atoms with Crippen molar-refractivity contribution >= 4 is 22.9 Å². The Balaban J connectivity index is 2.43. The van der Waals surface area contributed by atoms with Crippen LogP contribution in [0.15, 0.2) is 18.2 Å². The standard InChI is InChI=1S/C14H22N2O3S/c1-17-8-9-19-7-3-6-16-13-10-11(18-2)4-5-12(13)14(15)20/h4-5,10,16H,3,6-9H2,1-2H3,(H2,15,20). The first-order valence-corrected chi connectivity index (χ1v) is 6.88. The van der Waals surface area contributed by atoms with Crippen molar-refractivity contribution < 1.29 is 14.2 Å². The third-order valence-corrected chi connectivity index (χ3v) is 2.92. The van der Waals surface area contributed by atoms with E-state index in [9.17, 15) is 0 Å². The molecule has 0 saturated carbocycles. The van der Waals surface area contributed by atoms with Gasteiger partial charge in [0, 0.05) is 37.6 Å². The van der Waals surface area contributed by atoms with Crippen LogP contribution in [0, 0.1) is 0 Å². The van der Waals surface area contributed by atoms with Crippen molar-refractivity contribution in [3.8, 4) is 5.75 Å². The summed E-state index contributed by atoms with van der Waals surface area (Å²) in [5.74, 6) is 0.767. The van der Waals surface area contributed by atoms with Crippen molar-refractivity contribution in [2.24, 2.45) is 5.73 Å². The molecular weight excluding hydrogens is 276 g/mol. The third kappa shape index (κ3) is 5.73. The molecular formula is C14H22N2O3S. The molecule has 0 amide bonds.